The first-order valence-electron chi connectivity index (χ1n) is 9.27. The van der Waals surface area contributed by atoms with E-state index in [1.807, 2.05) is 54.6 Å². The lowest BCUT2D eigenvalue weighted by Gasteiger charge is -2.15. The Balaban J connectivity index is 1.69. The van der Waals surface area contributed by atoms with Crippen LogP contribution in [0.5, 0.6) is 5.75 Å². The fourth-order valence-electron chi connectivity index (χ4n) is 3.04. The van der Waals surface area contributed by atoms with Crippen LogP contribution >= 0.6 is 0 Å². The SMILES string of the molecule is COC/C(Nc1ccc(OC)cc1)=C1/CCN(C(=O)OCc2ccccc2)C1=O. The molecule has 0 bridgehead atoms. The average molecular weight is 396 g/mol. The number of likely N-dealkylation sites (tertiary alicyclic amines) is 1. The zero-order valence-corrected chi connectivity index (χ0v) is 16.5. The molecule has 1 aliphatic rings. The topological polar surface area (TPSA) is 77.1 Å². The molecule has 152 valence electrons. The van der Waals surface area contributed by atoms with Gasteiger partial charge in [-0.3, -0.25) is 4.79 Å². The monoisotopic (exact) mass is 396 g/mol. The molecular weight excluding hydrogens is 372 g/mol. The van der Waals surface area contributed by atoms with Crippen molar-refractivity contribution in [3.8, 4) is 5.75 Å². The van der Waals surface area contributed by atoms with Crippen molar-refractivity contribution in [2.24, 2.45) is 0 Å². The third-order valence-corrected chi connectivity index (χ3v) is 4.55. The molecule has 29 heavy (non-hydrogen) atoms. The molecule has 0 aliphatic carbocycles. The van der Waals surface area contributed by atoms with Gasteiger partial charge in [-0.2, -0.15) is 0 Å². The van der Waals surface area contributed by atoms with E-state index in [1.54, 1.807) is 14.2 Å². The highest BCUT2D eigenvalue weighted by Gasteiger charge is 2.34. The van der Waals surface area contributed by atoms with Crippen molar-refractivity contribution in [2.45, 2.75) is 13.0 Å². The van der Waals surface area contributed by atoms with Gasteiger partial charge in [0.2, 0.25) is 0 Å². The fraction of sp³-hybridized carbons (Fsp3) is 0.273. The Kier molecular flexibility index (Phi) is 6.86. The number of methoxy groups -OCH3 is 2. The average Bonchev–Trinajstić information content (AvgIpc) is 3.14. The summed E-state index contributed by atoms with van der Waals surface area (Å²) in [6.07, 6.45) is -0.212. The molecule has 1 aliphatic heterocycles. The molecule has 0 saturated carbocycles. The summed E-state index contributed by atoms with van der Waals surface area (Å²) < 4.78 is 15.7. The Bertz CT molecular complexity index is 878. The van der Waals surface area contributed by atoms with Gasteiger partial charge in [-0.25, -0.2) is 9.69 Å². The van der Waals surface area contributed by atoms with Gasteiger partial charge in [-0.15, -0.1) is 0 Å². The molecule has 2 amide bonds. The minimum Gasteiger partial charge on any atom is -0.497 e. The molecule has 0 radical (unpaired) electrons. The van der Waals surface area contributed by atoms with Gasteiger partial charge in [0.05, 0.1) is 19.4 Å². The van der Waals surface area contributed by atoms with Crippen LogP contribution in [0.1, 0.15) is 12.0 Å². The Labute approximate surface area is 169 Å². The molecule has 1 fully saturated rings. The van der Waals surface area contributed by atoms with E-state index in [4.69, 9.17) is 14.2 Å². The number of imide groups is 1. The third kappa shape index (κ3) is 5.14. The first-order chi connectivity index (χ1) is 14.1. The van der Waals surface area contributed by atoms with E-state index in [-0.39, 0.29) is 25.7 Å². The number of hydrogen-bond donors (Lipinski definition) is 1. The Hall–Kier alpha value is -3.32. The van der Waals surface area contributed by atoms with Gasteiger partial charge in [0.15, 0.2) is 0 Å². The standard InChI is InChI=1S/C22H24N2O5/c1-27-15-20(23-17-8-10-18(28-2)11-9-17)19-12-13-24(21(19)25)22(26)29-14-16-6-4-3-5-7-16/h3-11,23H,12-15H2,1-2H3/b20-19+. The number of nitrogens with zero attached hydrogens (tertiary/aromatic N) is 1. The molecule has 1 N–H and O–H groups in total. The van der Waals surface area contributed by atoms with Crippen molar-refractivity contribution in [1.82, 2.24) is 4.90 Å². The van der Waals surface area contributed by atoms with E-state index >= 15 is 0 Å². The molecule has 1 saturated heterocycles. The van der Waals surface area contributed by atoms with E-state index < -0.39 is 6.09 Å². The van der Waals surface area contributed by atoms with E-state index in [9.17, 15) is 9.59 Å². The van der Waals surface area contributed by atoms with Crippen molar-refractivity contribution < 1.29 is 23.8 Å². The van der Waals surface area contributed by atoms with Gasteiger partial charge >= 0.3 is 6.09 Å². The maximum Gasteiger partial charge on any atom is 0.417 e. The minimum atomic E-state index is -0.643. The number of amides is 2. The van der Waals surface area contributed by atoms with E-state index in [0.717, 1.165) is 21.9 Å². The highest BCUT2D eigenvalue weighted by Crippen LogP contribution is 2.24. The van der Waals surface area contributed by atoms with Crippen LogP contribution in [0, 0.1) is 0 Å². The highest BCUT2D eigenvalue weighted by molar-refractivity contribution is 6.05. The van der Waals surface area contributed by atoms with E-state index in [2.05, 4.69) is 5.32 Å². The predicted octanol–water partition coefficient (Wildman–Crippen LogP) is 3.58. The summed E-state index contributed by atoms with van der Waals surface area (Å²) in [5, 5.41) is 3.22. The maximum atomic E-state index is 12.8. The zero-order valence-electron chi connectivity index (χ0n) is 16.5. The lowest BCUT2D eigenvalue weighted by atomic mass is 10.1. The third-order valence-electron chi connectivity index (χ3n) is 4.55. The number of nitrogens with one attached hydrogen (secondary N) is 1. The normalized spacial score (nSPS) is 15.2. The van der Waals surface area contributed by atoms with Gasteiger partial charge in [0.25, 0.3) is 5.91 Å². The summed E-state index contributed by atoms with van der Waals surface area (Å²) in [5.41, 5.74) is 2.80. The van der Waals surface area contributed by atoms with Crippen LogP contribution in [-0.4, -0.2) is 44.3 Å². The van der Waals surface area contributed by atoms with E-state index in [0.29, 0.717) is 17.7 Å². The molecule has 0 atom stereocenters. The van der Waals surface area contributed by atoms with Gasteiger partial charge in [-0.05, 0) is 36.2 Å². The van der Waals surface area contributed by atoms with Crippen molar-refractivity contribution >= 4 is 17.7 Å². The van der Waals surface area contributed by atoms with Crippen LogP contribution < -0.4 is 10.1 Å². The second kappa shape index (κ2) is 9.75. The summed E-state index contributed by atoms with van der Waals surface area (Å²) in [6, 6.07) is 16.7. The molecule has 7 heteroatoms. The first-order valence-corrected chi connectivity index (χ1v) is 9.27. The predicted molar refractivity (Wildman–Crippen MR) is 108 cm³/mol. The van der Waals surface area contributed by atoms with Crippen molar-refractivity contribution in [3.63, 3.8) is 0 Å². The fourth-order valence-corrected chi connectivity index (χ4v) is 3.04. The number of rotatable bonds is 7. The molecule has 1 heterocycles. The number of carbonyl (C=O) groups excluding carboxylic acids is 2. The number of anilines is 1. The minimum absolute atomic E-state index is 0.123. The summed E-state index contributed by atoms with van der Waals surface area (Å²) in [6.45, 7) is 0.622. The second-order valence-electron chi connectivity index (χ2n) is 6.49. The van der Waals surface area contributed by atoms with Gasteiger partial charge in [-0.1, -0.05) is 30.3 Å². The van der Waals surface area contributed by atoms with E-state index in [1.165, 1.54) is 0 Å². The Morgan fingerprint density at radius 3 is 2.45 bits per heavy atom. The molecule has 2 aromatic rings. The molecule has 0 aromatic heterocycles. The Morgan fingerprint density at radius 1 is 1.07 bits per heavy atom. The van der Waals surface area contributed by atoms with Gasteiger partial charge in [0, 0.05) is 24.9 Å². The lowest BCUT2D eigenvalue weighted by molar-refractivity contribution is -0.123. The van der Waals surface area contributed by atoms with Crippen LogP contribution in [0.4, 0.5) is 10.5 Å². The van der Waals surface area contributed by atoms with Crippen LogP contribution in [0.2, 0.25) is 0 Å². The molecular formula is C22H24N2O5. The summed E-state index contributed by atoms with van der Waals surface area (Å²) in [7, 11) is 3.16. The quantitative estimate of drug-likeness (QED) is 0.721. The van der Waals surface area contributed by atoms with Crippen LogP contribution in [0.15, 0.2) is 65.9 Å². The summed E-state index contributed by atoms with van der Waals surface area (Å²) in [5.74, 6) is 0.372. The molecule has 3 rings (SSSR count). The van der Waals surface area contributed by atoms with Crippen molar-refractivity contribution in [3.05, 3.63) is 71.4 Å². The Morgan fingerprint density at radius 2 is 1.79 bits per heavy atom. The highest BCUT2D eigenvalue weighted by atomic mass is 16.6. The summed E-state index contributed by atoms with van der Waals surface area (Å²) in [4.78, 5) is 26.3. The second-order valence-corrected chi connectivity index (χ2v) is 6.49. The number of benzene rings is 2. The zero-order chi connectivity index (χ0) is 20.6. The van der Waals surface area contributed by atoms with Crippen molar-refractivity contribution in [2.75, 3.05) is 32.7 Å². The number of ether oxygens (including phenoxy) is 3. The lowest BCUT2D eigenvalue weighted by Crippen LogP contribution is -2.33. The number of carbonyl (C=O) groups is 2. The smallest absolute Gasteiger partial charge is 0.417 e. The summed E-state index contributed by atoms with van der Waals surface area (Å²) >= 11 is 0. The number of hydrogen-bond acceptors (Lipinski definition) is 6. The molecule has 0 spiro atoms. The largest absolute Gasteiger partial charge is 0.497 e. The van der Waals surface area contributed by atoms with Crippen LogP contribution in [0.25, 0.3) is 0 Å². The molecule has 2 aromatic carbocycles. The van der Waals surface area contributed by atoms with Crippen LogP contribution in [0.3, 0.4) is 0 Å². The van der Waals surface area contributed by atoms with Gasteiger partial charge in [0.1, 0.15) is 12.4 Å². The van der Waals surface area contributed by atoms with Crippen molar-refractivity contribution in [1.29, 1.82) is 0 Å². The molecule has 7 nitrogen and oxygen atoms in total. The van der Waals surface area contributed by atoms with Crippen LogP contribution in [-0.2, 0) is 20.9 Å². The first kappa shape index (κ1) is 20.4. The van der Waals surface area contributed by atoms with Gasteiger partial charge < -0.3 is 19.5 Å². The molecule has 0 unspecified atom stereocenters. The maximum absolute atomic E-state index is 12.8.